The first kappa shape index (κ1) is 21.1. The Bertz CT molecular complexity index is 1350. The van der Waals surface area contributed by atoms with Gasteiger partial charge in [-0.2, -0.15) is 0 Å². The number of H-pyrrole nitrogens is 2. The number of nitrogens with zero attached hydrogens (tertiary/aromatic N) is 3. The van der Waals surface area contributed by atoms with Crippen molar-refractivity contribution in [2.24, 2.45) is 0 Å². The SMILES string of the molecule is CCCC#Cc1ccc(Cl)c(C(=O)Nc2nc3c(C(=O)Nc4ncc[nH]4)cccc3[nH]2)n1. The third-order valence-corrected chi connectivity index (χ3v) is 4.68. The highest BCUT2D eigenvalue weighted by molar-refractivity contribution is 6.34. The minimum atomic E-state index is -0.546. The fraction of sp³-hybridized carbons (Fsp3) is 0.136. The van der Waals surface area contributed by atoms with E-state index in [1.54, 1.807) is 36.5 Å². The van der Waals surface area contributed by atoms with Crippen molar-refractivity contribution in [1.82, 2.24) is 24.9 Å². The zero-order valence-corrected chi connectivity index (χ0v) is 17.7. The number of aromatic amines is 2. The number of carbonyl (C=O) groups is 2. The van der Waals surface area contributed by atoms with E-state index in [4.69, 9.17) is 11.6 Å². The molecule has 0 saturated carbocycles. The van der Waals surface area contributed by atoms with Crippen molar-refractivity contribution in [2.45, 2.75) is 19.8 Å². The van der Waals surface area contributed by atoms with Crippen molar-refractivity contribution in [3.63, 3.8) is 0 Å². The second-order valence-electron chi connectivity index (χ2n) is 6.71. The number of amides is 2. The Morgan fingerprint density at radius 3 is 2.72 bits per heavy atom. The molecular weight excluding hydrogens is 430 g/mol. The van der Waals surface area contributed by atoms with Crippen LogP contribution in [-0.4, -0.2) is 36.7 Å². The predicted octanol–water partition coefficient (Wildman–Crippen LogP) is 3.99. The van der Waals surface area contributed by atoms with Crippen LogP contribution in [0.2, 0.25) is 5.02 Å². The Hall–Kier alpha value is -4.16. The van der Waals surface area contributed by atoms with Crippen molar-refractivity contribution < 1.29 is 9.59 Å². The van der Waals surface area contributed by atoms with Crippen LogP contribution in [0.1, 0.15) is 46.3 Å². The highest BCUT2D eigenvalue weighted by atomic mass is 35.5. The Kier molecular flexibility index (Phi) is 6.14. The summed E-state index contributed by atoms with van der Waals surface area (Å²) in [7, 11) is 0. The Balaban J connectivity index is 1.57. The Morgan fingerprint density at radius 2 is 1.94 bits per heavy atom. The van der Waals surface area contributed by atoms with Crippen LogP contribution in [0.5, 0.6) is 0 Å². The molecule has 0 atom stereocenters. The van der Waals surface area contributed by atoms with Crippen LogP contribution in [0.4, 0.5) is 11.9 Å². The smallest absolute Gasteiger partial charge is 0.278 e. The van der Waals surface area contributed by atoms with Crippen LogP contribution in [0.25, 0.3) is 11.0 Å². The van der Waals surface area contributed by atoms with Crippen molar-refractivity contribution in [1.29, 1.82) is 0 Å². The van der Waals surface area contributed by atoms with Crippen LogP contribution in [0, 0.1) is 11.8 Å². The fourth-order valence-corrected chi connectivity index (χ4v) is 3.09. The van der Waals surface area contributed by atoms with E-state index < -0.39 is 11.8 Å². The summed E-state index contributed by atoms with van der Waals surface area (Å²) in [6.45, 7) is 2.03. The number of unbranched alkanes of at least 4 members (excludes halogenated alkanes) is 1. The number of aromatic nitrogens is 5. The van der Waals surface area contributed by atoms with Gasteiger partial charge < -0.3 is 9.97 Å². The van der Waals surface area contributed by atoms with Gasteiger partial charge in [-0.3, -0.25) is 20.2 Å². The number of imidazole rings is 2. The zero-order valence-electron chi connectivity index (χ0n) is 17.0. The van der Waals surface area contributed by atoms with Gasteiger partial charge in [0.05, 0.1) is 16.1 Å². The van der Waals surface area contributed by atoms with Crippen molar-refractivity contribution in [3.05, 3.63) is 64.7 Å². The van der Waals surface area contributed by atoms with Crippen molar-refractivity contribution in [3.8, 4) is 11.8 Å². The van der Waals surface area contributed by atoms with Gasteiger partial charge in [0.1, 0.15) is 16.9 Å². The predicted molar refractivity (Wildman–Crippen MR) is 122 cm³/mol. The number of nitrogens with one attached hydrogen (secondary N) is 4. The third kappa shape index (κ3) is 4.61. The van der Waals surface area contributed by atoms with Crippen LogP contribution >= 0.6 is 11.6 Å². The lowest BCUT2D eigenvalue weighted by atomic mass is 10.2. The molecule has 160 valence electrons. The van der Waals surface area contributed by atoms with Crippen LogP contribution in [0.15, 0.2) is 42.7 Å². The molecule has 3 heterocycles. The molecule has 0 saturated heterocycles. The molecule has 4 rings (SSSR count). The largest absolute Gasteiger partial charge is 0.331 e. The molecule has 0 spiro atoms. The standard InChI is InChI=1S/C22H18ClN7O2/c1-2-3-4-6-13-9-10-15(23)18(26-13)20(32)30-22-27-16-8-5-7-14(17(16)28-22)19(31)29-21-24-11-12-25-21/h5,7-12H,2-3H2,1H3,(H2,24,25,29,31)(H2,27,28,30,32). The molecule has 0 bridgehead atoms. The van der Waals surface area contributed by atoms with E-state index in [9.17, 15) is 9.59 Å². The van der Waals surface area contributed by atoms with Gasteiger partial charge in [-0.05, 0) is 36.6 Å². The molecule has 1 aromatic carbocycles. The number of para-hydroxylation sites is 1. The quantitative estimate of drug-likeness (QED) is 0.344. The third-order valence-electron chi connectivity index (χ3n) is 4.37. The van der Waals surface area contributed by atoms with Gasteiger partial charge in [-0.15, -0.1) is 0 Å². The first-order chi connectivity index (χ1) is 15.5. The highest BCUT2D eigenvalue weighted by Gasteiger charge is 2.18. The molecule has 4 N–H and O–H groups in total. The first-order valence-electron chi connectivity index (χ1n) is 9.81. The summed E-state index contributed by atoms with van der Waals surface area (Å²) in [4.78, 5) is 43.8. The number of halogens is 1. The summed E-state index contributed by atoms with van der Waals surface area (Å²) in [6, 6.07) is 8.32. The average Bonchev–Trinajstić information content (AvgIpc) is 3.43. The van der Waals surface area contributed by atoms with E-state index in [1.807, 2.05) is 6.92 Å². The molecule has 0 aliphatic heterocycles. The van der Waals surface area contributed by atoms with Gasteiger partial charge in [0.15, 0.2) is 0 Å². The maximum Gasteiger partial charge on any atom is 0.278 e. The average molecular weight is 448 g/mol. The number of anilines is 2. The minimum absolute atomic E-state index is 0.0335. The first-order valence-corrected chi connectivity index (χ1v) is 10.2. The van der Waals surface area contributed by atoms with E-state index in [-0.39, 0.29) is 16.7 Å². The molecule has 0 fully saturated rings. The molecule has 0 unspecified atom stereocenters. The molecule has 0 aliphatic carbocycles. The normalized spacial score (nSPS) is 10.4. The second kappa shape index (κ2) is 9.32. The lowest BCUT2D eigenvalue weighted by Crippen LogP contribution is -2.16. The molecule has 0 radical (unpaired) electrons. The van der Waals surface area contributed by atoms with E-state index in [1.165, 1.54) is 6.20 Å². The molecule has 2 amide bonds. The van der Waals surface area contributed by atoms with Gasteiger partial charge in [0.2, 0.25) is 11.9 Å². The van der Waals surface area contributed by atoms with Gasteiger partial charge in [0, 0.05) is 18.8 Å². The molecule has 3 aromatic heterocycles. The number of pyridine rings is 1. The minimum Gasteiger partial charge on any atom is -0.331 e. The van der Waals surface area contributed by atoms with Gasteiger partial charge >= 0.3 is 0 Å². The summed E-state index contributed by atoms with van der Waals surface area (Å²) in [5.74, 6) is 5.44. The maximum atomic E-state index is 12.8. The zero-order chi connectivity index (χ0) is 22.5. The van der Waals surface area contributed by atoms with E-state index in [0.29, 0.717) is 28.2 Å². The number of carbonyl (C=O) groups excluding carboxylic acids is 2. The van der Waals surface area contributed by atoms with Crippen LogP contribution < -0.4 is 10.6 Å². The summed E-state index contributed by atoms with van der Waals surface area (Å²) in [5, 5.41) is 5.49. The summed E-state index contributed by atoms with van der Waals surface area (Å²) < 4.78 is 0. The van der Waals surface area contributed by atoms with Crippen LogP contribution in [-0.2, 0) is 0 Å². The van der Waals surface area contributed by atoms with Gasteiger partial charge in [-0.1, -0.05) is 30.5 Å². The molecule has 0 aliphatic rings. The number of hydrogen-bond acceptors (Lipinski definition) is 5. The lowest BCUT2D eigenvalue weighted by Gasteiger charge is -2.04. The summed E-state index contributed by atoms with van der Waals surface area (Å²) >= 11 is 6.17. The van der Waals surface area contributed by atoms with E-state index in [0.717, 1.165) is 12.8 Å². The Morgan fingerprint density at radius 1 is 1.09 bits per heavy atom. The van der Waals surface area contributed by atoms with E-state index in [2.05, 4.69) is 47.4 Å². The molecule has 32 heavy (non-hydrogen) atoms. The topological polar surface area (TPSA) is 128 Å². The number of benzene rings is 1. The van der Waals surface area contributed by atoms with Crippen LogP contribution in [0.3, 0.4) is 0 Å². The molecule has 4 aromatic rings. The van der Waals surface area contributed by atoms with Gasteiger partial charge in [-0.25, -0.2) is 15.0 Å². The fourth-order valence-electron chi connectivity index (χ4n) is 2.90. The lowest BCUT2D eigenvalue weighted by molar-refractivity contribution is 0.101. The maximum absolute atomic E-state index is 12.8. The molecule has 10 heteroatoms. The Labute approximate surface area is 188 Å². The van der Waals surface area contributed by atoms with Crippen molar-refractivity contribution in [2.75, 3.05) is 10.6 Å². The number of hydrogen-bond donors (Lipinski definition) is 4. The van der Waals surface area contributed by atoms with E-state index >= 15 is 0 Å². The molecule has 9 nitrogen and oxygen atoms in total. The monoisotopic (exact) mass is 447 g/mol. The summed E-state index contributed by atoms with van der Waals surface area (Å²) in [5.41, 5.74) is 1.77. The van der Waals surface area contributed by atoms with Crippen molar-refractivity contribution >= 4 is 46.3 Å². The summed E-state index contributed by atoms with van der Waals surface area (Å²) in [6.07, 6.45) is 4.80. The number of fused-ring (bicyclic) bond motifs is 1. The van der Waals surface area contributed by atoms with Gasteiger partial charge in [0.25, 0.3) is 11.8 Å². The number of rotatable bonds is 5. The highest BCUT2D eigenvalue weighted by Crippen LogP contribution is 2.21. The molecular formula is C22H18ClN7O2. The second-order valence-corrected chi connectivity index (χ2v) is 7.12.